The molecule has 0 aromatic heterocycles. The molecule has 0 aliphatic carbocycles. The quantitative estimate of drug-likeness (QED) is 0.737. The van der Waals surface area contributed by atoms with E-state index < -0.39 is 9.84 Å². The lowest BCUT2D eigenvalue weighted by Gasteiger charge is -2.08. The van der Waals surface area contributed by atoms with Crippen molar-refractivity contribution in [2.24, 2.45) is 5.92 Å². The average molecular weight is 266 g/mol. The van der Waals surface area contributed by atoms with E-state index in [0.29, 0.717) is 17.2 Å². The normalized spacial score (nSPS) is 13.9. The van der Waals surface area contributed by atoms with Crippen LogP contribution in [0.25, 0.3) is 0 Å². The molecule has 18 heavy (non-hydrogen) atoms. The maximum absolute atomic E-state index is 11.9. The van der Waals surface area contributed by atoms with Gasteiger partial charge in [0.2, 0.25) is 0 Å². The Morgan fingerprint density at radius 2 is 1.83 bits per heavy atom. The number of hydrogen-bond donors (Lipinski definition) is 0. The molecule has 100 valence electrons. The van der Waals surface area contributed by atoms with Gasteiger partial charge in [-0.05, 0) is 43.4 Å². The molecule has 1 aromatic rings. The SMILES string of the molecule is C/C=C\C(C)Cc1ccc(S(=O)(=O)CCC)cc1. The summed E-state index contributed by atoms with van der Waals surface area (Å²) in [5.74, 6) is 0.703. The van der Waals surface area contributed by atoms with Crippen LogP contribution in [0.1, 0.15) is 32.8 Å². The monoisotopic (exact) mass is 266 g/mol. The lowest BCUT2D eigenvalue weighted by atomic mass is 10.0. The van der Waals surface area contributed by atoms with Gasteiger partial charge in [0.25, 0.3) is 0 Å². The van der Waals surface area contributed by atoms with Crippen molar-refractivity contribution in [3.8, 4) is 0 Å². The van der Waals surface area contributed by atoms with Gasteiger partial charge in [-0.2, -0.15) is 0 Å². The Hall–Kier alpha value is -1.09. The first kappa shape index (κ1) is 15.0. The summed E-state index contributed by atoms with van der Waals surface area (Å²) in [6.07, 6.45) is 5.80. The fraction of sp³-hybridized carbons (Fsp3) is 0.467. The average Bonchev–Trinajstić information content (AvgIpc) is 2.30. The van der Waals surface area contributed by atoms with Crippen molar-refractivity contribution in [3.05, 3.63) is 42.0 Å². The van der Waals surface area contributed by atoms with Crippen molar-refractivity contribution in [3.63, 3.8) is 0 Å². The lowest BCUT2D eigenvalue weighted by Crippen LogP contribution is -2.06. The van der Waals surface area contributed by atoms with Crippen molar-refractivity contribution < 1.29 is 8.42 Å². The van der Waals surface area contributed by atoms with E-state index >= 15 is 0 Å². The zero-order valence-electron chi connectivity index (χ0n) is 11.4. The number of benzene rings is 1. The molecule has 0 saturated carbocycles. The minimum Gasteiger partial charge on any atom is -0.224 e. The fourth-order valence-electron chi connectivity index (χ4n) is 1.99. The summed E-state index contributed by atoms with van der Waals surface area (Å²) in [4.78, 5) is 0.437. The second kappa shape index (κ2) is 6.74. The highest BCUT2D eigenvalue weighted by atomic mass is 32.2. The van der Waals surface area contributed by atoms with Gasteiger partial charge in [0.05, 0.1) is 10.6 Å². The topological polar surface area (TPSA) is 34.1 Å². The summed E-state index contributed by atoms with van der Waals surface area (Å²) in [5, 5.41) is 0. The molecular weight excluding hydrogens is 244 g/mol. The van der Waals surface area contributed by atoms with E-state index in [1.165, 1.54) is 5.56 Å². The van der Waals surface area contributed by atoms with Gasteiger partial charge in [0, 0.05) is 0 Å². The van der Waals surface area contributed by atoms with Gasteiger partial charge < -0.3 is 0 Å². The number of rotatable bonds is 6. The first-order chi connectivity index (χ1) is 8.49. The molecule has 0 amide bonds. The minimum atomic E-state index is -3.08. The first-order valence-corrected chi connectivity index (χ1v) is 8.09. The second-order valence-electron chi connectivity index (χ2n) is 4.67. The minimum absolute atomic E-state index is 0.224. The number of hydrogen-bond acceptors (Lipinski definition) is 2. The van der Waals surface area contributed by atoms with E-state index in [-0.39, 0.29) is 5.75 Å². The third-order valence-corrected chi connectivity index (χ3v) is 4.77. The van der Waals surface area contributed by atoms with Crippen molar-refractivity contribution in [2.75, 3.05) is 5.75 Å². The van der Waals surface area contributed by atoms with Crippen LogP contribution < -0.4 is 0 Å². The highest BCUT2D eigenvalue weighted by Crippen LogP contribution is 2.16. The summed E-state index contributed by atoms with van der Waals surface area (Å²) in [6.45, 7) is 6.04. The predicted octanol–water partition coefficient (Wildman–Crippen LogP) is 3.63. The third kappa shape index (κ3) is 4.30. The maximum atomic E-state index is 11.9. The third-order valence-electron chi connectivity index (χ3n) is 2.83. The molecule has 0 aliphatic rings. The van der Waals surface area contributed by atoms with Crippen LogP contribution in [-0.2, 0) is 16.3 Å². The summed E-state index contributed by atoms with van der Waals surface area (Å²) in [7, 11) is -3.08. The number of allylic oxidation sites excluding steroid dienone is 2. The van der Waals surface area contributed by atoms with Gasteiger partial charge in [-0.1, -0.05) is 38.1 Å². The number of sulfone groups is 1. The van der Waals surface area contributed by atoms with Crippen molar-refractivity contribution in [1.29, 1.82) is 0 Å². The Bertz CT molecular complexity index is 484. The van der Waals surface area contributed by atoms with E-state index in [9.17, 15) is 8.42 Å². The van der Waals surface area contributed by atoms with Crippen LogP contribution >= 0.6 is 0 Å². The smallest absolute Gasteiger partial charge is 0.178 e. The molecule has 0 bridgehead atoms. The van der Waals surface area contributed by atoms with Gasteiger partial charge in [0.1, 0.15) is 0 Å². The molecule has 1 unspecified atom stereocenters. The van der Waals surface area contributed by atoms with E-state index in [4.69, 9.17) is 0 Å². The molecular formula is C15H22O2S. The van der Waals surface area contributed by atoms with Gasteiger partial charge >= 0.3 is 0 Å². The predicted molar refractivity (Wildman–Crippen MR) is 76.5 cm³/mol. The molecule has 0 saturated heterocycles. The summed E-state index contributed by atoms with van der Waals surface area (Å²) in [5.41, 5.74) is 1.18. The zero-order chi connectivity index (χ0) is 13.6. The molecule has 1 rings (SSSR count). The van der Waals surface area contributed by atoms with Crippen molar-refractivity contribution in [2.45, 2.75) is 38.5 Å². The molecule has 3 heteroatoms. The highest BCUT2D eigenvalue weighted by molar-refractivity contribution is 7.91. The van der Waals surface area contributed by atoms with E-state index in [2.05, 4.69) is 13.0 Å². The molecule has 1 atom stereocenters. The Kier molecular flexibility index (Phi) is 5.60. The van der Waals surface area contributed by atoms with Crippen LogP contribution in [-0.4, -0.2) is 14.2 Å². The summed E-state index contributed by atoms with van der Waals surface area (Å²) in [6, 6.07) is 7.29. The molecule has 0 aliphatic heterocycles. The molecule has 0 N–H and O–H groups in total. The lowest BCUT2D eigenvalue weighted by molar-refractivity contribution is 0.594. The van der Waals surface area contributed by atoms with Gasteiger partial charge in [-0.15, -0.1) is 0 Å². The fourth-order valence-corrected chi connectivity index (χ4v) is 3.31. The standard InChI is InChI=1S/C15H22O2S/c1-4-6-13(3)12-14-7-9-15(10-8-14)18(16,17)11-5-2/h4,6-10,13H,5,11-12H2,1-3H3/b6-4-. The van der Waals surface area contributed by atoms with E-state index in [1.807, 2.05) is 32.1 Å². The van der Waals surface area contributed by atoms with Crippen molar-refractivity contribution in [1.82, 2.24) is 0 Å². The van der Waals surface area contributed by atoms with Gasteiger partial charge in [0.15, 0.2) is 9.84 Å². The van der Waals surface area contributed by atoms with E-state index in [0.717, 1.165) is 6.42 Å². The van der Waals surface area contributed by atoms with Crippen LogP contribution in [0.5, 0.6) is 0 Å². The molecule has 1 aromatic carbocycles. The summed E-state index contributed by atoms with van der Waals surface area (Å²) >= 11 is 0. The first-order valence-electron chi connectivity index (χ1n) is 6.44. The Balaban J connectivity index is 2.80. The molecule has 2 nitrogen and oxygen atoms in total. The van der Waals surface area contributed by atoms with Crippen LogP contribution in [0, 0.1) is 5.92 Å². The molecule has 0 spiro atoms. The largest absolute Gasteiger partial charge is 0.224 e. The van der Waals surface area contributed by atoms with E-state index in [1.54, 1.807) is 12.1 Å². The summed E-state index contributed by atoms with van der Waals surface area (Å²) < 4.78 is 23.7. The van der Waals surface area contributed by atoms with Crippen molar-refractivity contribution >= 4 is 9.84 Å². The van der Waals surface area contributed by atoms with Crippen LogP contribution in [0.4, 0.5) is 0 Å². The van der Waals surface area contributed by atoms with Crippen LogP contribution in [0.15, 0.2) is 41.3 Å². The molecule has 0 radical (unpaired) electrons. The Morgan fingerprint density at radius 1 is 1.22 bits per heavy atom. The molecule has 0 heterocycles. The zero-order valence-corrected chi connectivity index (χ0v) is 12.2. The second-order valence-corrected chi connectivity index (χ2v) is 6.78. The Labute approximate surface area is 111 Å². The van der Waals surface area contributed by atoms with Crippen LogP contribution in [0.2, 0.25) is 0 Å². The maximum Gasteiger partial charge on any atom is 0.178 e. The van der Waals surface area contributed by atoms with Gasteiger partial charge in [-0.25, -0.2) is 8.42 Å². The molecule has 0 fully saturated rings. The highest BCUT2D eigenvalue weighted by Gasteiger charge is 2.12. The van der Waals surface area contributed by atoms with Crippen LogP contribution in [0.3, 0.4) is 0 Å². The Morgan fingerprint density at radius 3 is 2.33 bits per heavy atom. The van der Waals surface area contributed by atoms with Gasteiger partial charge in [-0.3, -0.25) is 0 Å².